The van der Waals surface area contributed by atoms with Crippen molar-refractivity contribution in [2.24, 2.45) is 11.8 Å². The first-order valence-electron chi connectivity index (χ1n) is 13.4. The van der Waals surface area contributed by atoms with E-state index >= 15 is 0 Å². The molecule has 10 nitrogen and oxygen atoms in total. The summed E-state index contributed by atoms with van der Waals surface area (Å²) in [5.41, 5.74) is -1.69. The highest BCUT2D eigenvalue weighted by Gasteiger charge is 2.78. The van der Waals surface area contributed by atoms with Crippen LogP contribution in [0.1, 0.15) is 52.4 Å². The predicted molar refractivity (Wildman–Crippen MR) is 128 cm³/mol. The number of morpholine rings is 1. The summed E-state index contributed by atoms with van der Waals surface area (Å²) in [6.45, 7) is 9.22. The van der Waals surface area contributed by atoms with Crippen LogP contribution >= 0.6 is 0 Å². The zero-order valence-corrected chi connectivity index (χ0v) is 21.2. The fraction of sp³-hybridized carbons (Fsp3) is 0.880. The first-order valence-corrected chi connectivity index (χ1v) is 13.4. The van der Waals surface area contributed by atoms with Gasteiger partial charge in [-0.15, -0.1) is 0 Å². The summed E-state index contributed by atoms with van der Waals surface area (Å²) in [6.07, 6.45) is 3.83. The molecular formula is C25H42N4O6. The summed E-state index contributed by atoms with van der Waals surface area (Å²) in [5, 5.41) is 15.3. The molecule has 0 aromatic rings. The molecule has 0 radical (unpaired) electrons. The van der Waals surface area contributed by atoms with Gasteiger partial charge in [-0.1, -0.05) is 13.8 Å². The summed E-state index contributed by atoms with van der Waals surface area (Å²) < 4.78 is 12.1. The second-order valence-electron chi connectivity index (χ2n) is 10.3. The van der Waals surface area contributed by atoms with Gasteiger partial charge in [-0.3, -0.25) is 19.3 Å². The molecule has 2 bridgehead atoms. The molecule has 0 aliphatic carbocycles. The number of hydrogen-bond donors (Lipinski definition) is 3. The van der Waals surface area contributed by atoms with E-state index in [1.54, 1.807) is 4.90 Å². The van der Waals surface area contributed by atoms with Crippen LogP contribution in [0.15, 0.2) is 0 Å². The molecule has 4 rings (SSSR count). The van der Waals surface area contributed by atoms with Crippen molar-refractivity contribution in [2.75, 3.05) is 59.1 Å². The van der Waals surface area contributed by atoms with Crippen LogP contribution in [0.4, 0.5) is 0 Å². The smallest absolute Gasteiger partial charge is 0.245 e. The van der Waals surface area contributed by atoms with Crippen molar-refractivity contribution < 1.29 is 29.0 Å². The number of amides is 3. The van der Waals surface area contributed by atoms with Crippen LogP contribution in [-0.2, 0) is 23.9 Å². The lowest BCUT2D eigenvalue weighted by Crippen LogP contribution is -2.56. The van der Waals surface area contributed by atoms with E-state index in [-0.39, 0.29) is 24.3 Å². The Morgan fingerprint density at radius 1 is 1.06 bits per heavy atom. The molecule has 4 aliphatic heterocycles. The highest BCUT2D eigenvalue weighted by atomic mass is 16.5. The van der Waals surface area contributed by atoms with Gasteiger partial charge in [0.05, 0.1) is 30.7 Å². The molecule has 1 spiro atoms. The molecule has 3 N–H and O–H groups in total. The Hall–Kier alpha value is -1.75. The van der Waals surface area contributed by atoms with Gasteiger partial charge in [-0.25, -0.2) is 0 Å². The number of nitrogens with zero attached hydrogens (tertiary/aromatic N) is 2. The van der Waals surface area contributed by atoms with Crippen LogP contribution in [0.5, 0.6) is 0 Å². The van der Waals surface area contributed by atoms with Gasteiger partial charge in [0.2, 0.25) is 17.7 Å². The number of aliphatic hydroxyl groups excluding tert-OH is 1. The lowest BCUT2D eigenvalue weighted by atomic mass is 9.65. The quantitative estimate of drug-likeness (QED) is 0.324. The van der Waals surface area contributed by atoms with Gasteiger partial charge in [0.25, 0.3) is 0 Å². The van der Waals surface area contributed by atoms with Crippen molar-refractivity contribution in [2.45, 2.75) is 69.6 Å². The molecule has 3 amide bonds. The minimum absolute atomic E-state index is 0.0323. The van der Waals surface area contributed by atoms with E-state index in [0.717, 1.165) is 26.1 Å². The van der Waals surface area contributed by atoms with E-state index in [1.165, 1.54) is 0 Å². The third-order valence-electron chi connectivity index (χ3n) is 8.40. The molecule has 2 unspecified atom stereocenters. The molecular weight excluding hydrogens is 452 g/mol. The Morgan fingerprint density at radius 2 is 1.80 bits per heavy atom. The summed E-state index contributed by atoms with van der Waals surface area (Å²) in [6, 6.07) is -0.763. The topological polar surface area (TPSA) is 120 Å². The van der Waals surface area contributed by atoms with Crippen molar-refractivity contribution in [3.8, 4) is 0 Å². The summed E-state index contributed by atoms with van der Waals surface area (Å²) in [4.78, 5) is 44.7. The van der Waals surface area contributed by atoms with Crippen molar-refractivity contribution in [3.63, 3.8) is 0 Å². The predicted octanol–water partition coefficient (Wildman–Crippen LogP) is -0.112. The highest BCUT2D eigenvalue weighted by Crippen LogP contribution is 2.64. The number of ether oxygens (including phenoxy) is 2. The summed E-state index contributed by atoms with van der Waals surface area (Å²) in [5.74, 6) is -1.76. The standard InChI is InChI=1S/C25H42N4O6/c1-3-9-26-21(31)18-19-23(33)29(11-5-6-15-30)20(25(19)8-7-24(18,4-2)35-25)22(32)27-10-12-28-13-16-34-17-14-28/h18-20,30H,3-17H2,1-2H3,(H,26,31)(H,27,32)/t18-,19-,20?,24+,25?/m0/s1. The Bertz CT molecular complexity index is 790. The molecule has 4 saturated heterocycles. The van der Waals surface area contributed by atoms with Gasteiger partial charge in [0.15, 0.2) is 0 Å². The minimum atomic E-state index is -0.983. The van der Waals surface area contributed by atoms with E-state index in [9.17, 15) is 19.5 Å². The molecule has 4 heterocycles. The zero-order valence-electron chi connectivity index (χ0n) is 21.2. The van der Waals surface area contributed by atoms with Gasteiger partial charge in [0, 0.05) is 45.9 Å². The summed E-state index contributed by atoms with van der Waals surface area (Å²) in [7, 11) is 0. The maximum absolute atomic E-state index is 13.8. The third kappa shape index (κ3) is 4.70. The van der Waals surface area contributed by atoms with E-state index in [0.29, 0.717) is 65.0 Å². The van der Waals surface area contributed by atoms with Gasteiger partial charge < -0.3 is 30.1 Å². The third-order valence-corrected chi connectivity index (χ3v) is 8.40. The van der Waals surface area contributed by atoms with Crippen LogP contribution < -0.4 is 10.6 Å². The largest absolute Gasteiger partial charge is 0.396 e. The summed E-state index contributed by atoms with van der Waals surface area (Å²) >= 11 is 0. The SMILES string of the molecule is CCCNC(=O)[C@@H]1[C@H]2C(=O)N(CCCCO)C(C(=O)NCCN3CCOCC3)C23CC[C@@]1(CC)O3. The van der Waals surface area contributed by atoms with Crippen LogP contribution in [0.3, 0.4) is 0 Å². The van der Waals surface area contributed by atoms with E-state index in [2.05, 4.69) is 15.5 Å². The molecule has 0 aromatic carbocycles. The fourth-order valence-electron chi connectivity index (χ4n) is 6.67. The van der Waals surface area contributed by atoms with Gasteiger partial charge in [0.1, 0.15) is 11.6 Å². The molecule has 0 saturated carbocycles. The van der Waals surface area contributed by atoms with E-state index in [4.69, 9.17) is 9.47 Å². The van der Waals surface area contributed by atoms with Crippen molar-refractivity contribution in [3.05, 3.63) is 0 Å². The maximum Gasteiger partial charge on any atom is 0.245 e. The minimum Gasteiger partial charge on any atom is -0.396 e. The van der Waals surface area contributed by atoms with Crippen LogP contribution in [0.2, 0.25) is 0 Å². The fourth-order valence-corrected chi connectivity index (χ4v) is 6.67. The Morgan fingerprint density at radius 3 is 2.49 bits per heavy atom. The number of carbonyl (C=O) groups is 3. The number of aliphatic hydroxyl groups is 1. The van der Waals surface area contributed by atoms with Crippen LogP contribution in [0, 0.1) is 11.8 Å². The molecule has 5 atom stereocenters. The Balaban J connectivity index is 1.56. The maximum atomic E-state index is 13.8. The first-order chi connectivity index (χ1) is 16.9. The number of likely N-dealkylation sites (tertiary alicyclic amines) is 1. The normalized spacial score (nSPS) is 34.3. The number of unbranched alkanes of at least 4 members (excludes halogenated alkanes) is 1. The number of nitrogens with one attached hydrogen (secondary N) is 2. The Labute approximate surface area is 208 Å². The van der Waals surface area contributed by atoms with Crippen LogP contribution in [-0.4, -0.2) is 109 Å². The van der Waals surface area contributed by atoms with Gasteiger partial charge in [-0.05, 0) is 38.5 Å². The number of fused-ring (bicyclic) bond motifs is 1. The number of carbonyl (C=O) groups excluding carboxylic acids is 3. The van der Waals surface area contributed by atoms with Gasteiger partial charge >= 0.3 is 0 Å². The first kappa shape index (κ1) is 26.3. The number of rotatable bonds is 12. The monoisotopic (exact) mass is 494 g/mol. The number of hydrogen-bond acceptors (Lipinski definition) is 7. The van der Waals surface area contributed by atoms with E-state index in [1.807, 2.05) is 13.8 Å². The lowest BCUT2D eigenvalue weighted by molar-refractivity contribution is -0.147. The molecule has 10 heteroatoms. The van der Waals surface area contributed by atoms with Crippen molar-refractivity contribution >= 4 is 17.7 Å². The second-order valence-corrected chi connectivity index (χ2v) is 10.3. The van der Waals surface area contributed by atoms with Crippen molar-refractivity contribution in [1.82, 2.24) is 20.4 Å². The second kappa shape index (κ2) is 11.1. The molecule has 35 heavy (non-hydrogen) atoms. The average molecular weight is 495 g/mol. The molecule has 4 fully saturated rings. The highest BCUT2D eigenvalue weighted by molar-refractivity contribution is 5.99. The lowest BCUT2D eigenvalue weighted by Gasteiger charge is -2.34. The zero-order chi connectivity index (χ0) is 25.1. The Kier molecular flexibility index (Phi) is 8.35. The molecule has 0 aromatic heterocycles. The van der Waals surface area contributed by atoms with Crippen LogP contribution in [0.25, 0.3) is 0 Å². The molecule has 198 valence electrons. The van der Waals surface area contributed by atoms with E-state index < -0.39 is 29.1 Å². The van der Waals surface area contributed by atoms with Crippen molar-refractivity contribution in [1.29, 1.82) is 0 Å². The average Bonchev–Trinajstić information content (AvgIpc) is 3.47. The molecule has 4 aliphatic rings. The van der Waals surface area contributed by atoms with Gasteiger partial charge in [-0.2, -0.15) is 0 Å².